The molecule has 0 N–H and O–H groups in total. The first-order chi connectivity index (χ1) is 5.57. The fourth-order valence-electron chi connectivity index (χ4n) is 0.705. The van der Waals surface area contributed by atoms with Crippen LogP contribution in [0, 0.1) is 3.70 Å². The number of rotatable bonds is 1. The van der Waals surface area contributed by atoms with Crippen LogP contribution in [0.4, 0.5) is 0 Å². The van der Waals surface area contributed by atoms with Crippen LogP contribution in [0.3, 0.4) is 0 Å². The number of carbonyl (C=O) groups excluding carboxylic acids is 1. The highest BCUT2D eigenvalue weighted by Gasteiger charge is 2.18. The zero-order valence-electron chi connectivity index (χ0n) is 6.47. The van der Waals surface area contributed by atoms with Gasteiger partial charge in [0.15, 0.2) is 5.69 Å². The largest absolute Gasteiger partial charge is 0.464 e. The van der Waals surface area contributed by atoms with Gasteiger partial charge in [-0.1, -0.05) is 0 Å². The first-order valence-electron chi connectivity index (χ1n) is 3.04. The molecule has 0 bridgehead atoms. The molecule has 1 heterocycles. The first-order valence-corrected chi connectivity index (χ1v) is 4.91. The third kappa shape index (κ3) is 1.63. The van der Waals surface area contributed by atoms with E-state index in [9.17, 15) is 4.79 Å². The molecule has 0 spiro atoms. The van der Waals surface area contributed by atoms with Crippen molar-refractivity contribution in [3.8, 4) is 0 Å². The van der Waals surface area contributed by atoms with Crippen LogP contribution in [0.25, 0.3) is 0 Å². The molecule has 0 atom stereocenters. The summed E-state index contributed by atoms with van der Waals surface area (Å²) in [7, 11) is 3.09. The smallest absolute Gasteiger partial charge is 0.359 e. The highest BCUT2D eigenvalue weighted by Crippen LogP contribution is 2.22. The van der Waals surface area contributed by atoms with E-state index >= 15 is 0 Å². The van der Waals surface area contributed by atoms with Gasteiger partial charge in [0, 0.05) is 7.05 Å². The normalized spacial score (nSPS) is 10.0. The maximum atomic E-state index is 11.1. The molecule has 0 fully saturated rings. The lowest BCUT2D eigenvalue weighted by molar-refractivity contribution is 0.0592. The number of aryl methyl sites for hydroxylation is 1. The third-order valence-corrected chi connectivity index (χ3v) is 4.03. The number of carbonyl (C=O) groups is 1. The first kappa shape index (κ1) is 9.97. The van der Waals surface area contributed by atoms with Crippen molar-refractivity contribution in [2.75, 3.05) is 7.11 Å². The quantitative estimate of drug-likeness (QED) is 0.574. The Morgan fingerprint density at radius 2 is 2.33 bits per heavy atom. The summed E-state index contributed by atoms with van der Waals surface area (Å²) < 4.78 is 7.69. The number of hydrogen-bond donors (Lipinski definition) is 0. The van der Waals surface area contributed by atoms with E-state index in [0.717, 1.165) is 3.70 Å². The molecule has 0 aliphatic rings. The minimum Gasteiger partial charge on any atom is -0.464 e. The van der Waals surface area contributed by atoms with Gasteiger partial charge in [0.1, 0.15) is 3.70 Å². The molecule has 0 unspecified atom stereocenters. The van der Waals surface area contributed by atoms with Crippen molar-refractivity contribution in [2.24, 2.45) is 7.05 Å². The Kier molecular flexibility index (Phi) is 3.10. The van der Waals surface area contributed by atoms with Crippen LogP contribution in [-0.2, 0) is 11.8 Å². The molecule has 1 aromatic heterocycles. The van der Waals surface area contributed by atoms with E-state index in [1.54, 1.807) is 11.7 Å². The van der Waals surface area contributed by atoms with Gasteiger partial charge in [0.25, 0.3) is 0 Å². The van der Waals surface area contributed by atoms with Crippen molar-refractivity contribution in [3.05, 3.63) is 13.9 Å². The van der Waals surface area contributed by atoms with Gasteiger partial charge in [-0.15, -0.1) is 0 Å². The molecule has 0 aliphatic carbocycles. The molecule has 4 nitrogen and oxygen atoms in total. The lowest BCUT2D eigenvalue weighted by Gasteiger charge is -1.92. The number of methoxy groups -OCH3 is 1. The van der Waals surface area contributed by atoms with Gasteiger partial charge in [-0.3, -0.25) is 4.68 Å². The summed E-state index contributed by atoms with van der Waals surface area (Å²) in [6.45, 7) is 0. The number of halogens is 2. The fraction of sp³-hybridized carbons (Fsp3) is 0.333. The van der Waals surface area contributed by atoms with Crippen LogP contribution in [0.1, 0.15) is 10.5 Å². The van der Waals surface area contributed by atoms with Crippen LogP contribution in [0.15, 0.2) is 4.47 Å². The average Bonchev–Trinajstić information content (AvgIpc) is 2.32. The van der Waals surface area contributed by atoms with Crippen molar-refractivity contribution in [3.63, 3.8) is 0 Å². The maximum absolute atomic E-state index is 11.1. The van der Waals surface area contributed by atoms with Crippen LogP contribution < -0.4 is 0 Å². The summed E-state index contributed by atoms with van der Waals surface area (Å²) in [5.74, 6) is -0.430. The number of nitrogens with zero attached hydrogens (tertiary/aromatic N) is 2. The molecule has 12 heavy (non-hydrogen) atoms. The van der Waals surface area contributed by atoms with E-state index in [1.165, 1.54) is 7.11 Å². The minimum absolute atomic E-state index is 0.310. The molecule has 0 aromatic carbocycles. The molecule has 1 aromatic rings. The summed E-state index contributed by atoms with van der Waals surface area (Å²) >= 11 is 5.34. The van der Waals surface area contributed by atoms with E-state index < -0.39 is 5.97 Å². The summed E-state index contributed by atoms with van der Waals surface area (Å²) in [4.78, 5) is 11.1. The predicted octanol–water partition coefficient (Wildman–Crippen LogP) is 1.57. The van der Waals surface area contributed by atoms with Crippen molar-refractivity contribution >= 4 is 44.5 Å². The van der Waals surface area contributed by atoms with Crippen molar-refractivity contribution in [1.29, 1.82) is 0 Å². The Labute approximate surface area is 91.5 Å². The summed E-state index contributed by atoms with van der Waals surface area (Å²) in [5, 5.41) is 3.97. The summed E-state index contributed by atoms with van der Waals surface area (Å²) in [6.07, 6.45) is 0. The van der Waals surface area contributed by atoms with Gasteiger partial charge in [-0.05, 0) is 38.5 Å². The molecule has 0 aliphatic heterocycles. The van der Waals surface area contributed by atoms with E-state index in [1.807, 2.05) is 0 Å². The topological polar surface area (TPSA) is 44.1 Å². The van der Waals surface area contributed by atoms with Crippen LogP contribution >= 0.6 is 38.5 Å². The second-order valence-electron chi connectivity index (χ2n) is 2.07. The maximum Gasteiger partial charge on any atom is 0.359 e. The number of esters is 1. The zero-order valence-corrected chi connectivity index (χ0v) is 10.2. The SMILES string of the molecule is COC(=O)c1nn(C)c(I)c1Br. The van der Waals surface area contributed by atoms with Crippen LogP contribution in [0.2, 0.25) is 0 Å². The molecule has 6 heteroatoms. The molecule has 0 saturated heterocycles. The predicted molar refractivity (Wildman–Crippen MR) is 55.0 cm³/mol. The summed E-state index contributed by atoms with van der Waals surface area (Å²) in [5.41, 5.74) is 0.310. The second-order valence-corrected chi connectivity index (χ2v) is 3.88. The second kappa shape index (κ2) is 3.73. The van der Waals surface area contributed by atoms with Gasteiger partial charge >= 0.3 is 5.97 Å². The zero-order chi connectivity index (χ0) is 9.30. The van der Waals surface area contributed by atoms with E-state index in [-0.39, 0.29) is 0 Å². The van der Waals surface area contributed by atoms with E-state index in [2.05, 4.69) is 48.4 Å². The highest BCUT2D eigenvalue weighted by molar-refractivity contribution is 14.1. The molecular weight excluding hydrogens is 339 g/mol. The Morgan fingerprint density at radius 3 is 2.67 bits per heavy atom. The number of hydrogen-bond acceptors (Lipinski definition) is 3. The Balaban J connectivity index is 3.17. The third-order valence-electron chi connectivity index (χ3n) is 1.30. The Morgan fingerprint density at radius 1 is 1.75 bits per heavy atom. The molecule has 1 rings (SSSR count). The number of ether oxygens (including phenoxy) is 1. The van der Waals surface area contributed by atoms with Crippen LogP contribution in [0.5, 0.6) is 0 Å². The van der Waals surface area contributed by atoms with Crippen molar-refractivity contribution < 1.29 is 9.53 Å². The van der Waals surface area contributed by atoms with Crippen LogP contribution in [-0.4, -0.2) is 22.9 Å². The van der Waals surface area contributed by atoms with E-state index in [4.69, 9.17) is 0 Å². The van der Waals surface area contributed by atoms with Gasteiger partial charge in [-0.25, -0.2) is 4.79 Å². The van der Waals surface area contributed by atoms with E-state index in [0.29, 0.717) is 10.2 Å². The Hall–Kier alpha value is -0.110. The van der Waals surface area contributed by atoms with Crippen molar-refractivity contribution in [1.82, 2.24) is 9.78 Å². The summed E-state index contributed by atoms with van der Waals surface area (Å²) in [6, 6.07) is 0. The van der Waals surface area contributed by atoms with Crippen molar-refractivity contribution in [2.45, 2.75) is 0 Å². The lowest BCUT2D eigenvalue weighted by Crippen LogP contribution is -2.03. The molecule has 66 valence electrons. The lowest BCUT2D eigenvalue weighted by atomic mass is 10.4. The highest BCUT2D eigenvalue weighted by atomic mass is 127. The van der Waals surface area contributed by atoms with Gasteiger partial charge in [-0.2, -0.15) is 5.10 Å². The minimum atomic E-state index is -0.430. The molecule has 0 saturated carbocycles. The molecular formula is C6H6BrIN2O2. The molecule has 0 radical (unpaired) electrons. The monoisotopic (exact) mass is 344 g/mol. The standard InChI is InChI=1S/C6H6BrIN2O2/c1-10-5(8)3(7)4(9-10)6(11)12-2/h1-2H3. The average molecular weight is 345 g/mol. The fourth-order valence-corrected chi connectivity index (χ4v) is 1.57. The number of aromatic nitrogens is 2. The van der Waals surface area contributed by atoms with Gasteiger partial charge in [0.2, 0.25) is 0 Å². The van der Waals surface area contributed by atoms with Gasteiger partial charge in [0.05, 0.1) is 11.6 Å². The molecule has 0 amide bonds. The Bertz CT molecular complexity index is 324. The van der Waals surface area contributed by atoms with Gasteiger partial charge < -0.3 is 4.74 Å².